The van der Waals surface area contributed by atoms with Crippen LogP contribution in [0.5, 0.6) is 0 Å². The Labute approximate surface area is 153 Å². The van der Waals surface area contributed by atoms with E-state index >= 15 is 0 Å². The number of nitrogens with zero attached hydrogens (tertiary/aromatic N) is 1. The highest BCUT2D eigenvalue weighted by molar-refractivity contribution is 5.80. The van der Waals surface area contributed by atoms with Crippen LogP contribution in [0, 0.1) is 5.92 Å². The predicted molar refractivity (Wildman–Crippen MR) is 99.2 cm³/mol. The molecule has 1 aliphatic heterocycles. The van der Waals surface area contributed by atoms with Crippen LogP contribution in [0.1, 0.15) is 30.1 Å². The highest BCUT2D eigenvalue weighted by Crippen LogP contribution is 2.26. The van der Waals surface area contributed by atoms with Gasteiger partial charge in [0.25, 0.3) is 0 Å². The number of ether oxygens (including phenoxy) is 1. The zero-order valence-corrected chi connectivity index (χ0v) is 14.7. The maximum Gasteiger partial charge on any atom is 0.248 e. The van der Waals surface area contributed by atoms with Gasteiger partial charge in [0.1, 0.15) is 12.7 Å². The molecule has 1 atom stereocenters. The van der Waals surface area contributed by atoms with Crippen molar-refractivity contribution in [3.8, 4) is 0 Å². The summed E-state index contributed by atoms with van der Waals surface area (Å²) in [7, 11) is 0. The number of likely N-dealkylation sites (tertiary alicyclic amines) is 1. The molecule has 1 saturated heterocycles. The second-order valence-electron chi connectivity index (χ2n) is 6.59. The van der Waals surface area contributed by atoms with Crippen molar-refractivity contribution in [3.05, 3.63) is 71.8 Å². The van der Waals surface area contributed by atoms with Gasteiger partial charge in [-0.15, -0.1) is 0 Å². The van der Waals surface area contributed by atoms with Gasteiger partial charge in [-0.2, -0.15) is 0 Å². The molecular weight excluding hydrogens is 328 g/mol. The summed E-state index contributed by atoms with van der Waals surface area (Å²) < 4.78 is 6.02. The Bertz CT molecular complexity index is 694. The van der Waals surface area contributed by atoms with Gasteiger partial charge in [-0.3, -0.25) is 9.59 Å². The van der Waals surface area contributed by atoms with Crippen molar-refractivity contribution in [2.45, 2.75) is 18.9 Å². The molecule has 0 spiro atoms. The molecule has 26 heavy (non-hydrogen) atoms. The van der Waals surface area contributed by atoms with Gasteiger partial charge in [0.15, 0.2) is 0 Å². The first-order valence-electron chi connectivity index (χ1n) is 8.93. The lowest BCUT2D eigenvalue weighted by molar-refractivity contribution is -0.140. The van der Waals surface area contributed by atoms with Crippen LogP contribution in [-0.2, 0) is 14.3 Å². The van der Waals surface area contributed by atoms with Crippen molar-refractivity contribution in [1.82, 2.24) is 4.90 Å². The van der Waals surface area contributed by atoms with E-state index < -0.39 is 0 Å². The minimum absolute atomic E-state index is 0.0278. The van der Waals surface area contributed by atoms with Gasteiger partial charge in [-0.1, -0.05) is 60.7 Å². The molecule has 1 fully saturated rings. The van der Waals surface area contributed by atoms with E-state index in [0.717, 1.165) is 24.0 Å². The Morgan fingerprint density at radius 1 is 1.04 bits per heavy atom. The second kappa shape index (κ2) is 8.63. The fraction of sp³-hybridized carbons (Fsp3) is 0.333. The summed E-state index contributed by atoms with van der Waals surface area (Å²) in [5.41, 5.74) is 7.40. The summed E-state index contributed by atoms with van der Waals surface area (Å²) in [6.45, 7) is 1.01. The van der Waals surface area contributed by atoms with Crippen molar-refractivity contribution in [1.29, 1.82) is 0 Å². The highest BCUT2D eigenvalue weighted by atomic mass is 16.5. The number of piperidine rings is 1. The summed E-state index contributed by atoms with van der Waals surface area (Å²) in [5, 5.41) is 0. The monoisotopic (exact) mass is 352 g/mol. The number of amides is 2. The Balaban J connectivity index is 1.68. The van der Waals surface area contributed by atoms with Crippen LogP contribution in [0.2, 0.25) is 0 Å². The van der Waals surface area contributed by atoms with E-state index in [0.29, 0.717) is 13.1 Å². The molecule has 0 aliphatic carbocycles. The first-order chi connectivity index (χ1) is 12.6. The molecule has 1 heterocycles. The highest BCUT2D eigenvalue weighted by Gasteiger charge is 2.27. The minimum Gasteiger partial charge on any atom is -0.369 e. The van der Waals surface area contributed by atoms with E-state index in [2.05, 4.69) is 0 Å². The van der Waals surface area contributed by atoms with Crippen LogP contribution >= 0.6 is 0 Å². The lowest BCUT2D eigenvalue weighted by Gasteiger charge is -2.31. The Morgan fingerprint density at radius 3 is 2.15 bits per heavy atom. The Morgan fingerprint density at radius 2 is 1.62 bits per heavy atom. The number of hydrogen-bond acceptors (Lipinski definition) is 3. The first kappa shape index (κ1) is 18.1. The zero-order valence-electron chi connectivity index (χ0n) is 14.7. The third-order valence-electron chi connectivity index (χ3n) is 4.75. The summed E-state index contributed by atoms with van der Waals surface area (Å²) in [6.07, 6.45) is 1.23. The summed E-state index contributed by atoms with van der Waals surface area (Å²) in [6, 6.07) is 19.7. The standard InChI is InChI=1S/C21H24N2O3/c22-21(25)18-12-7-13-23(14-18)19(24)15-26-20(16-8-3-1-4-9-16)17-10-5-2-6-11-17/h1-6,8-11,18,20H,7,12-15H2,(H2,22,25). The lowest BCUT2D eigenvalue weighted by Crippen LogP contribution is -2.45. The van der Waals surface area contributed by atoms with Crippen LogP contribution in [0.3, 0.4) is 0 Å². The third kappa shape index (κ3) is 4.49. The van der Waals surface area contributed by atoms with E-state index in [1.54, 1.807) is 4.90 Å². The molecule has 0 aromatic heterocycles. The number of rotatable bonds is 6. The Hall–Kier alpha value is -2.66. The van der Waals surface area contributed by atoms with E-state index in [9.17, 15) is 9.59 Å². The first-order valence-corrected chi connectivity index (χ1v) is 8.93. The van der Waals surface area contributed by atoms with Gasteiger partial charge in [0.2, 0.25) is 11.8 Å². The van der Waals surface area contributed by atoms with Crippen LogP contribution in [0.25, 0.3) is 0 Å². The SMILES string of the molecule is NC(=O)C1CCCN(C(=O)COC(c2ccccc2)c2ccccc2)C1. The summed E-state index contributed by atoms with van der Waals surface area (Å²) in [5.74, 6) is -0.700. The fourth-order valence-corrected chi connectivity index (χ4v) is 3.32. The average molecular weight is 352 g/mol. The maximum atomic E-state index is 12.6. The number of primary amides is 1. The minimum atomic E-state index is -0.338. The zero-order chi connectivity index (χ0) is 18.4. The van der Waals surface area contributed by atoms with Crippen LogP contribution in [0.4, 0.5) is 0 Å². The number of carbonyl (C=O) groups excluding carboxylic acids is 2. The van der Waals surface area contributed by atoms with Crippen LogP contribution < -0.4 is 5.73 Å². The van der Waals surface area contributed by atoms with E-state index in [-0.39, 0.29) is 30.4 Å². The largest absolute Gasteiger partial charge is 0.369 e. The lowest BCUT2D eigenvalue weighted by atomic mass is 9.97. The van der Waals surface area contributed by atoms with E-state index in [1.807, 2.05) is 60.7 Å². The van der Waals surface area contributed by atoms with Crippen LogP contribution in [-0.4, -0.2) is 36.4 Å². The van der Waals surface area contributed by atoms with Gasteiger partial charge < -0.3 is 15.4 Å². The van der Waals surface area contributed by atoms with Gasteiger partial charge in [0.05, 0.1) is 5.92 Å². The molecule has 1 aliphatic rings. The van der Waals surface area contributed by atoms with Crippen LogP contribution in [0.15, 0.2) is 60.7 Å². The van der Waals surface area contributed by atoms with Crippen molar-refractivity contribution >= 4 is 11.8 Å². The Kier molecular flexibility index (Phi) is 6.02. The molecule has 3 rings (SSSR count). The van der Waals surface area contributed by atoms with Gasteiger partial charge >= 0.3 is 0 Å². The van der Waals surface area contributed by atoms with Crippen molar-refractivity contribution in [2.75, 3.05) is 19.7 Å². The quantitative estimate of drug-likeness (QED) is 0.868. The molecule has 5 heteroatoms. The van der Waals surface area contributed by atoms with Gasteiger partial charge in [-0.05, 0) is 24.0 Å². The summed E-state index contributed by atoms with van der Waals surface area (Å²) in [4.78, 5) is 25.7. The molecule has 0 radical (unpaired) electrons. The fourth-order valence-electron chi connectivity index (χ4n) is 3.32. The molecule has 2 amide bonds. The van der Waals surface area contributed by atoms with Crippen molar-refractivity contribution < 1.29 is 14.3 Å². The van der Waals surface area contributed by atoms with Crippen molar-refractivity contribution in [3.63, 3.8) is 0 Å². The number of nitrogens with two attached hydrogens (primary N) is 1. The van der Waals surface area contributed by atoms with Crippen molar-refractivity contribution in [2.24, 2.45) is 11.7 Å². The average Bonchev–Trinajstić information content (AvgIpc) is 2.69. The number of hydrogen-bond donors (Lipinski definition) is 1. The molecule has 0 bridgehead atoms. The molecule has 5 nitrogen and oxygen atoms in total. The molecule has 2 aromatic carbocycles. The molecule has 2 aromatic rings. The smallest absolute Gasteiger partial charge is 0.248 e. The van der Waals surface area contributed by atoms with Gasteiger partial charge in [0, 0.05) is 13.1 Å². The molecule has 1 unspecified atom stereocenters. The molecule has 0 saturated carbocycles. The van der Waals surface area contributed by atoms with E-state index in [4.69, 9.17) is 10.5 Å². The number of benzene rings is 2. The molecular formula is C21H24N2O3. The normalized spacial score (nSPS) is 17.3. The van der Waals surface area contributed by atoms with Gasteiger partial charge in [-0.25, -0.2) is 0 Å². The van der Waals surface area contributed by atoms with E-state index in [1.165, 1.54) is 0 Å². The third-order valence-corrected chi connectivity index (χ3v) is 4.75. The molecule has 2 N–H and O–H groups in total. The number of carbonyl (C=O) groups is 2. The topological polar surface area (TPSA) is 72.6 Å². The predicted octanol–water partition coefficient (Wildman–Crippen LogP) is 2.52. The maximum absolute atomic E-state index is 12.6. The second-order valence-corrected chi connectivity index (χ2v) is 6.59. The summed E-state index contributed by atoms with van der Waals surface area (Å²) >= 11 is 0. The molecule has 136 valence electrons.